The van der Waals surface area contributed by atoms with E-state index in [2.05, 4.69) is 28.3 Å². The number of hydrogen-bond acceptors (Lipinski definition) is 5. The first-order valence-corrected chi connectivity index (χ1v) is 12.8. The van der Waals surface area contributed by atoms with Gasteiger partial charge >= 0.3 is 0 Å². The summed E-state index contributed by atoms with van der Waals surface area (Å²) in [5, 5.41) is 3.49. The van der Waals surface area contributed by atoms with Gasteiger partial charge in [0.25, 0.3) is 0 Å². The van der Waals surface area contributed by atoms with Crippen molar-refractivity contribution in [1.82, 2.24) is 9.62 Å². The molecule has 4 aliphatic rings. The molecule has 1 amide bonds. The molecule has 4 aliphatic carbocycles. The number of primary amides is 1. The number of carbonyl (C=O) groups excluding carboxylic acids is 2. The lowest BCUT2D eigenvalue weighted by atomic mass is 9.56. The van der Waals surface area contributed by atoms with Crippen molar-refractivity contribution in [3.05, 3.63) is 28.7 Å². The Hall–Kier alpha value is -0.890. The van der Waals surface area contributed by atoms with Crippen LogP contribution in [-0.2, 0) is 9.59 Å². The minimum atomic E-state index is -0.458. The SMILES string of the molecule is CN(Sc1ccccc1Br)C(C)(C)C=O.CNC1C2CCC3CC1CC(C(N)=O)(C3)C2. The second-order valence-electron chi connectivity index (χ2n) is 10.1. The first-order valence-electron chi connectivity index (χ1n) is 11.2. The van der Waals surface area contributed by atoms with Crippen molar-refractivity contribution in [3.8, 4) is 0 Å². The number of nitrogens with zero attached hydrogens (tertiary/aromatic N) is 1. The molecule has 7 heteroatoms. The monoisotopic (exact) mass is 509 g/mol. The fourth-order valence-corrected chi connectivity index (χ4v) is 7.14. The maximum absolute atomic E-state index is 11.8. The maximum Gasteiger partial charge on any atom is 0.223 e. The maximum atomic E-state index is 11.8. The third-order valence-corrected chi connectivity index (χ3v) is 9.86. The van der Waals surface area contributed by atoms with Gasteiger partial charge in [-0.2, -0.15) is 0 Å². The van der Waals surface area contributed by atoms with Crippen LogP contribution >= 0.6 is 27.9 Å². The molecule has 0 heterocycles. The van der Waals surface area contributed by atoms with Crippen molar-refractivity contribution in [2.45, 2.75) is 68.8 Å². The van der Waals surface area contributed by atoms with Gasteiger partial charge in [-0.15, -0.1) is 0 Å². The lowest BCUT2D eigenvalue weighted by Crippen LogP contribution is -2.54. The molecule has 0 spiro atoms. The predicted molar refractivity (Wildman–Crippen MR) is 131 cm³/mol. The Morgan fingerprint density at radius 3 is 2.55 bits per heavy atom. The fourth-order valence-electron chi connectivity index (χ4n) is 5.77. The highest BCUT2D eigenvalue weighted by Crippen LogP contribution is 2.57. The van der Waals surface area contributed by atoms with Crippen molar-refractivity contribution in [3.63, 3.8) is 0 Å². The highest BCUT2D eigenvalue weighted by Gasteiger charge is 2.55. The summed E-state index contributed by atoms with van der Waals surface area (Å²) in [5.41, 5.74) is 5.09. The molecule has 0 saturated heterocycles. The number of fused-ring (bicyclic) bond motifs is 1. The van der Waals surface area contributed by atoms with E-state index in [0.717, 1.165) is 40.8 Å². The molecule has 0 aromatic heterocycles. The van der Waals surface area contributed by atoms with Gasteiger partial charge < -0.3 is 15.8 Å². The molecule has 5 unspecified atom stereocenters. The highest BCUT2D eigenvalue weighted by atomic mass is 79.9. The van der Waals surface area contributed by atoms with Crippen LogP contribution in [0.5, 0.6) is 0 Å². The van der Waals surface area contributed by atoms with E-state index < -0.39 is 5.54 Å². The molecule has 5 atom stereocenters. The van der Waals surface area contributed by atoms with Crippen molar-refractivity contribution in [2.75, 3.05) is 14.1 Å². The summed E-state index contributed by atoms with van der Waals surface area (Å²) in [6.45, 7) is 3.79. The minimum Gasteiger partial charge on any atom is -0.369 e. The summed E-state index contributed by atoms with van der Waals surface area (Å²) < 4.78 is 2.99. The Morgan fingerprint density at radius 2 is 1.94 bits per heavy atom. The van der Waals surface area contributed by atoms with Crippen LogP contribution in [-0.4, -0.2) is 42.2 Å². The van der Waals surface area contributed by atoms with Crippen LogP contribution in [0.2, 0.25) is 0 Å². The van der Waals surface area contributed by atoms with E-state index in [4.69, 9.17) is 5.73 Å². The van der Waals surface area contributed by atoms with Crippen LogP contribution < -0.4 is 11.1 Å². The van der Waals surface area contributed by atoms with E-state index in [-0.39, 0.29) is 11.3 Å². The number of likely N-dealkylation sites (N-methyl/N-ethyl adjacent to an activating group) is 1. The van der Waals surface area contributed by atoms with Crippen molar-refractivity contribution in [2.24, 2.45) is 28.9 Å². The predicted octanol–water partition coefficient (Wildman–Crippen LogP) is 4.64. The van der Waals surface area contributed by atoms with Gasteiger partial charge in [-0.3, -0.25) is 4.79 Å². The summed E-state index contributed by atoms with van der Waals surface area (Å²) >= 11 is 5.03. The number of nitrogens with two attached hydrogens (primary N) is 1. The largest absolute Gasteiger partial charge is 0.369 e. The summed E-state index contributed by atoms with van der Waals surface area (Å²) in [7, 11) is 3.99. The Bertz CT molecular complexity index is 803. The van der Waals surface area contributed by atoms with Gasteiger partial charge in [0, 0.05) is 20.8 Å². The number of hydrogen-bond donors (Lipinski definition) is 2. The lowest BCUT2D eigenvalue weighted by molar-refractivity contribution is -0.136. The Labute approximate surface area is 199 Å². The fraction of sp³-hybridized carbons (Fsp3) is 0.667. The zero-order valence-electron chi connectivity index (χ0n) is 19.1. The molecular formula is C24H36BrN3O2S. The quantitative estimate of drug-likeness (QED) is 0.431. The third-order valence-electron chi connectivity index (χ3n) is 7.61. The molecule has 3 N–H and O–H groups in total. The van der Waals surface area contributed by atoms with E-state index in [1.54, 1.807) is 11.9 Å². The van der Waals surface area contributed by atoms with Crippen LogP contribution in [0.25, 0.3) is 0 Å². The molecule has 4 saturated carbocycles. The van der Waals surface area contributed by atoms with Gasteiger partial charge in [-0.1, -0.05) is 18.6 Å². The topological polar surface area (TPSA) is 75.4 Å². The van der Waals surface area contributed by atoms with Gasteiger partial charge in [-0.25, -0.2) is 4.31 Å². The van der Waals surface area contributed by atoms with Crippen molar-refractivity contribution < 1.29 is 9.59 Å². The van der Waals surface area contributed by atoms with Crippen LogP contribution in [0, 0.1) is 23.2 Å². The molecule has 4 fully saturated rings. The van der Waals surface area contributed by atoms with E-state index >= 15 is 0 Å². The van der Waals surface area contributed by atoms with Crippen LogP contribution in [0.1, 0.15) is 52.4 Å². The average molecular weight is 511 g/mol. The first-order chi connectivity index (χ1) is 14.6. The molecule has 4 bridgehead atoms. The third kappa shape index (κ3) is 5.37. The molecule has 172 valence electrons. The van der Waals surface area contributed by atoms with Crippen LogP contribution in [0.4, 0.5) is 0 Å². The van der Waals surface area contributed by atoms with Gasteiger partial charge in [0.1, 0.15) is 6.29 Å². The molecule has 31 heavy (non-hydrogen) atoms. The molecule has 1 aromatic rings. The van der Waals surface area contributed by atoms with E-state index in [0.29, 0.717) is 17.9 Å². The highest BCUT2D eigenvalue weighted by molar-refractivity contribution is 9.10. The van der Waals surface area contributed by atoms with Gasteiger partial charge in [0.05, 0.1) is 5.54 Å². The summed E-state index contributed by atoms with van der Waals surface area (Å²) in [6, 6.07) is 8.60. The van der Waals surface area contributed by atoms with E-state index in [1.165, 1.54) is 19.3 Å². The number of nitrogens with one attached hydrogen (secondary N) is 1. The average Bonchev–Trinajstić information content (AvgIpc) is 2.94. The zero-order valence-corrected chi connectivity index (χ0v) is 21.5. The number of benzene rings is 1. The second kappa shape index (κ2) is 9.94. The van der Waals surface area contributed by atoms with Crippen molar-refractivity contribution >= 4 is 40.1 Å². The summed E-state index contributed by atoms with van der Waals surface area (Å²) in [5.74, 6) is 2.11. The van der Waals surface area contributed by atoms with Crippen LogP contribution in [0.3, 0.4) is 0 Å². The molecule has 0 aliphatic heterocycles. The van der Waals surface area contributed by atoms with Crippen LogP contribution in [0.15, 0.2) is 33.6 Å². The number of aldehydes is 1. The Balaban J connectivity index is 0.000000176. The number of halogens is 1. The van der Waals surface area contributed by atoms with Gasteiger partial charge in [0.15, 0.2) is 0 Å². The van der Waals surface area contributed by atoms with Crippen molar-refractivity contribution in [1.29, 1.82) is 0 Å². The number of rotatable bonds is 6. The smallest absolute Gasteiger partial charge is 0.223 e. The van der Waals surface area contributed by atoms with E-state index in [9.17, 15) is 9.59 Å². The molecule has 5 rings (SSSR count). The summed E-state index contributed by atoms with van der Waals surface area (Å²) in [6.07, 6.45) is 8.04. The second-order valence-corrected chi connectivity index (χ2v) is 12.1. The normalized spacial score (nSPS) is 31.7. The lowest BCUT2D eigenvalue weighted by Gasteiger charge is -2.50. The Kier molecular flexibility index (Phi) is 7.93. The first kappa shape index (κ1) is 24.7. The number of amides is 1. The molecule has 0 radical (unpaired) electrons. The zero-order chi connectivity index (χ0) is 22.8. The Morgan fingerprint density at radius 1 is 1.26 bits per heavy atom. The minimum absolute atomic E-state index is 0.0244. The molecular weight excluding hydrogens is 474 g/mol. The van der Waals surface area contributed by atoms with Gasteiger partial charge in [0.2, 0.25) is 5.91 Å². The molecule has 1 aromatic carbocycles. The summed E-state index contributed by atoms with van der Waals surface area (Å²) in [4.78, 5) is 23.8. The molecule has 5 nitrogen and oxygen atoms in total. The number of carbonyl (C=O) groups is 2. The van der Waals surface area contributed by atoms with E-state index in [1.807, 2.05) is 49.5 Å². The standard InChI is InChI=1S/C13H22N2O.C11H14BrNOS/c1-15-11-9-3-2-8-4-10(11)7-13(5-8,6-9)12(14)16;1-11(2,8-14)13(3)15-10-7-5-4-6-9(10)12/h8-11,15H,2-7H2,1H3,(H2,14,16);4-8H,1-3H3. The van der Waals surface area contributed by atoms with Gasteiger partial charge in [-0.05, 0) is 118 Å².